The molecule has 2 atom stereocenters. The van der Waals surface area contributed by atoms with Gasteiger partial charge in [-0.25, -0.2) is 4.79 Å². The lowest BCUT2D eigenvalue weighted by Crippen LogP contribution is -2.53. The van der Waals surface area contributed by atoms with Gasteiger partial charge < -0.3 is 9.47 Å². The molecule has 0 aliphatic carbocycles. The summed E-state index contributed by atoms with van der Waals surface area (Å²) in [5, 5.41) is 0. The first-order valence-electron chi connectivity index (χ1n) is 8.08. The van der Waals surface area contributed by atoms with Crippen LogP contribution >= 0.6 is 22.6 Å². The predicted octanol–water partition coefficient (Wildman–Crippen LogP) is 3.06. The van der Waals surface area contributed by atoms with E-state index in [0.717, 1.165) is 8.47 Å². The molecular formula is C20H16INO5. The molecule has 0 bridgehead atoms. The Morgan fingerprint density at radius 3 is 2.15 bits per heavy atom. The van der Waals surface area contributed by atoms with Crippen molar-refractivity contribution in [2.45, 2.75) is 12.1 Å². The van der Waals surface area contributed by atoms with Crippen LogP contribution in [0.3, 0.4) is 0 Å². The third kappa shape index (κ3) is 3.46. The van der Waals surface area contributed by atoms with Crippen molar-refractivity contribution in [3.8, 4) is 5.75 Å². The lowest BCUT2D eigenvalue weighted by Gasteiger charge is -2.29. The standard InChI is InChI=1S/C20H16INO5/c1-3-15(27-16-11-7-6-10-14(16)21)17(20(25)26-2)22-18(23)12-8-4-5-9-13(12)19(22)24/h3-11,15,17H,1H2,2H3/t15-,17+/m0/s1. The van der Waals surface area contributed by atoms with E-state index in [9.17, 15) is 14.4 Å². The molecule has 0 N–H and O–H groups in total. The Balaban J connectivity index is 2.00. The fraction of sp³-hybridized carbons (Fsp3) is 0.150. The summed E-state index contributed by atoms with van der Waals surface area (Å²) in [5.41, 5.74) is 0.488. The van der Waals surface area contributed by atoms with Gasteiger partial charge in [-0.2, -0.15) is 0 Å². The molecule has 2 amide bonds. The number of carbonyl (C=O) groups excluding carboxylic acids is 3. The first kappa shape index (κ1) is 19.1. The van der Waals surface area contributed by atoms with Crippen molar-refractivity contribution >= 4 is 40.4 Å². The Bertz CT molecular complexity index is 891. The summed E-state index contributed by atoms with van der Waals surface area (Å²) in [6.07, 6.45) is 0.407. The number of carbonyl (C=O) groups is 3. The molecule has 1 heterocycles. The highest BCUT2D eigenvalue weighted by Gasteiger charge is 2.47. The SMILES string of the molecule is C=C[C@H](Oc1ccccc1I)[C@H](C(=O)OC)N1C(=O)c2ccccc2C1=O. The zero-order chi connectivity index (χ0) is 19.6. The number of esters is 1. The first-order chi connectivity index (χ1) is 13.0. The van der Waals surface area contributed by atoms with E-state index < -0.39 is 29.9 Å². The smallest absolute Gasteiger partial charge is 0.333 e. The van der Waals surface area contributed by atoms with E-state index in [4.69, 9.17) is 9.47 Å². The van der Waals surface area contributed by atoms with Crippen LogP contribution in [0.1, 0.15) is 20.7 Å². The van der Waals surface area contributed by atoms with E-state index in [1.54, 1.807) is 36.4 Å². The molecule has 0 aromatic heterocycles. The van der Waals surface area contributed by atoms with Crippen LogP contribution in [0.15, 0.2) is 61.2 Å². The van der Waals surface area contributed by atoms with Gasteiger partial charge in [0, 0.05) is 0 Å². The Morgan fingerprint density at radius 1 is 1.07 bits per heavy atom. The second-order valence-electron chi connectivity index (χ2n) is 5.74. The van der Waals surface area contributed by atoms with Crippen LogP contribution in [0.5, 0.6) is 5.75 Å². The number of hydrogen-bond acceptors (Lipinski definition) is 5. The number of fused-ring (bicyclic) bond motifs is 1. The van der Waals surface area contributed by atoms with E-state index in [2.05, 4.69) is 29.2 Å². The zero-order valence-corrected chi connectivity index (χ0v) is 16.6. The molecule has 3 rings (SSSR count). The molecule has 1 aliphatic rings. The second-order valence-corrected chi connectivity index (χ2v) is 6.90. The van der Waals surface area contributed by atoms with Crippen LogP contribution in [0.4, 0.5) is 0 Å². The van der Waals surface area contributed by atoms with Crippen LogP contribution in [-0.2, 0) is 9.53 Å². The molecular weight excluding hydrogens is 461 g/mol. The lowest BCUT2D eigenvalue weighted by atomic mass is 10.1. The van der Waals surface area contributed by atoms with Crippen LogP contribution in [-0.4, -0.2) is 41.9 Å². The number of methoxy groups -OCH3 is 1. The van der Waals surface area contributed by atoms with Crippen molar-refractivity contribution in [1.29, 1.82) is 0 Å². The minimum absolute atomic E-state index is 0.244. The van der Waals surface area contributed by atoms with Gasteiger partial charge in [0.15, 0.2) is 6.04 Å². The van der Waals surface area contributed by atoms with Gasteiger partial charge in [-0.05, 0) is 52.9 Å². The lowest BCUT2D eigenvalue weighted by molar-refractivity contribution is -0.147. The number of ether oxygens (including phenoxy) is 2. The summed E-state index contributed by atoms with van der Waals surface area (Å²) in [6.45, 7) is 3.71. The number of halogens is 1. The van der Waals surface area contributed by atoms with Gasteiger partial charge in [0.05, 0.1) is 21.8 Å². The maximum absolute atomic E-state index is 12.8. The topological polar surface area (TPSA) is 72.9 Å². The van der Waals surface area contributed by atoms with Gasteiger partial charge >= 0.3 is 5.97 Å². The minimum Gasteiger partial charge on any atom is -0.482 e. The Kier molecular flexibility index (Phi) is 5.59. The largest absolute Gasteiger partial charge is 0.482 e. The van der Waals surface area contributed by atoms with Gasteiger partial charge in [-0.1, -0.05) is 30.8 Å². The summed E-state index contributed by atoms with van der Waals surface area (Å²) in [5.74, 6) is -1.39. The fourth-order valence-corrected chi connectivity index (χ4v) is 3.41. The highest BCUT2D eigenvalue weighted by Crippen LogP contribution is 2.29. The molecule has 7 heteroatoms. The maximum atomic E-state index is 12.8. The minimum atomic E-state index is -1.30. The van der Waals surface area contributed by atoms with E-state index in [1.165, 1.54) is 13.2 Å². The van der Waals surface area contributed by atoms with Gasteiger partial charge in [-0.3, -0.25) is 14.5 Å². The van der Waals surface area contributed by atoms with E-state index in [0.29, 0.717) is 5.75 Å². The van der Waals surface area contributed by atoms with E-state index in [-0.39, 0.29) is 11.1 Å². The molecule has 0 saturated heterocycles. The number of para-hydroxylation sites is 1. The average Bonchev–Trinajstić information content (AvgIpc) is 2.94. The molecule has 0 fully saturated rings. The zero-order valence-electron chi connectivity index (χ0n) is 14.4. The fourth-order valence-electron chi connectivity index (χ4n) is 2.90. The van der Waals surface area contributed by atoms with Crippen LogP contribution in [0, 0.1) is 3.57 Å². The molecule has 0 saturated carbocycles. The van der Waals surface area contributed by atoms with Gasteiger partial charge in [0.25, 0.3) is 11.8 Å². The molecule has 0 radical (unpaired) electrons. The monoisotopic (exact) mass is 477 g/mol. The molecule has 138 valence electrons. The van der Waals surface area contributed by atoms with Crippen LogP contribution in [0.25, 0.3) is 0 Å². The number of imide groups is 1. The number of benzene rings is 2. The highest BCUT2D eigenvalue weighted by atomic mass is 127. The quantitative estimate of drug-likeness (QED) is 0.277. The summed E-state index contributed by atoms with van der Waals surface area (Å²) in [4.78, 5) is 39.0. The highest BCUT2D eigenvalue weighted by molar-refractivity contribution is 14.1. The van der Waals surface area contributed by atoms with Crippen LogP contribution < -0.4 is 4.74 Å². The normalized spacial score (nSPS) is 15.1. The number of nitrogens with zero attached hydrogens (tertiary/aromatic N) is 1. The van der Waals surface area contributed by atoms with Crippen molar-refractivity contribution in [2.24, 2.45) is 0 Å². The maximum Gasteiger partial charge on any atom is 0.333 e. The summed E-state index contributed by atoms with van der Waals surface area (Å²) in [7, 11) is 1.19. The van der Waals surface area contributed by atoms with Crippen molar-refractivity contribution < 1.29 is 23.9 Å². The summed E-state index contributed by atoms with van der Waals surface area (Å²) < 4.78 is 11.6. The molecule has 27 heavy (non-hydrogen) atoms. The molecule has 0 unspecified atom stereocenters. The molecule has 6 nitrogen and oxygen atoms in total. The first-order valence-corrected chi connectivity index (χ1v) is 9.16. The predicted molar refractivity (Wildman–Crippen MR) is 107 cm³/mol. The average molecular weight is 477 g/mol. The molecule has 0 spiro atoms. The Morgan fingerprint density at radius 2 is 1.63 bits per heavy atom. The number of hydrogen-bond donors (Lipinski definition) is 0. The van der Waals surface area contributed by atoms with E-state index in [1.807, 2.05) is 12.1 Å². The van der Waals surface area contributed by atoms with Crippen molar-refractivity contribution in [2.75, 3.05) is 7.11 Å². The summed E-state index contributed by atoms with van der Waals surface area (Å²) in [6, 6.07) is 12.3. The van der Waals surface area contributed by atoms with Gasteiger partial charge in [-0.15, -0.1) is 0 Å². The van der Waals surface area contributed by atoms with Gasteiger partial charge in [0.1, 0.15) is 11.9 Å². The van der Waals surface area contributed by atoms with Gasteiger partial charge in [0.2, 0.25) is 0 Å². The van der Waals surface area contributed by atoms with Crippen molar-refractivity contribution in [3.63, 3.8) is 0 Å². The van der Waals surface area contributed by atoms with E-state index >= 15 is 0 Å². The molecule has 2 aromatic carbocycles. The third-order valence-corrected chi connectivity index (χ3v) is 5.08. The Hall–Kier alpha value is -2.68. The summed E-state index contributed by atoms with van der Waals surface area (Å²) >= 11 is 2.09. The van der Waals surface area contributed by atoms with Crippen molar-refractivity contribution in [1.82, 2.24) is 4.90 Å². The number of amides is 2. The molecule has 1 aliphatic heterocycles. The third-order valence-electron chi connectivity index (χ3n) is 4.19. The van der Waals surface area contributed by atoms with Crippen LogP contribution in [0.2, 0.25) is 0 Å². The Labute approximate surface area is 169 Å². The van der Waals surface area contributed by atoms with Crippen molar-refractivity contribution in [3.05, 3.63) is 75.9 Å². The molecule has 2 aromatic rings. The second kappa shape index (κ2) is 7.91. The number of rotatable bonds is 6.